The van der Waals surface area contributed by atoms with E-state index in [-0.39, 0.29) is 18.2 Å². The van der Waals surface area contributed by atoms with Gasteiger partial charge in [-0.15, -0.1) is 0 Å². The van der Waals surface area contributed by atoms with Crippen LogP contribution in [0.2, 0.25) is 0 Å². The van der Waals surface area contributed by atoms with Crippen LogP contribution in [-0.4, -0.2) is 35.3 Å². The van der Waals surface area contributed by atoms with E-state index < -0.39 is 5.60 Å². The molecule has 4 nitrogen and oxygen atoms in total. The predicted octanol–water partition coefficient (Wildman–Crippen LogP) is 5.83. The molecule has 1 aliphatic rings. The largest absolute Gasteiger partial charge is 0.489 e. The van der Waals surface area contributed by atoms with Crippen LogP contribution in [0.25, 0.3) is 0 Å². The van der Waals surface area contributed by atoms with Gasteiger partial charge in [0.15, 0.2) is 0 Å². The summed E-state index contributed by atoms with van der Waals surface area (Å²) in [5.41, 5.74) is 2.06. The monoisotopic (exact) mass is 395 g/mol. The highest BCUT2D eigenvalue weighted by Gasteiger charge is 2.34. The Balaban J connectivity index is 1.61. The van der Waals surface area contributed by atoms with Gasteiger partial charge in [-0.25, -0.2) is 4.79 Å². The zero-order valence-electron chi connectivity index (χ0n) is 18.1. The van der Waals surface area contributed by atoms with Gasteiger partial charge in [0.1, 0.15) is 17.5 Å². The molecule has 0 bridgehead atoms. The average molecular weight is 396 g/mol. The minimum Gasteiger partial charge on any atom is -0.489 e. The van der Waals surface area contributed by atoms with Crippen molar-refractivity contribution in [2.45, 2.75) is 71.1 Å². The first-order valence-corrected chi connectivity index (χ1v) is 10.6. The van der Waals surface area contributed by atoms with Gasteiger partial charge >= 0.3 is 6.09 Å². The van der Waals surface area contributed by atoms with Crippen molar-refractivity contribution in [1.29, 1.82) is 0 Å². The van der Waals surface area contributed by atoms with E-state index in [4.69, 9.17) is 9.47 Å². The van der Waals surface area contributed by atoms with Crippen LogP contribution in [0.15, 0.2) is 54.6 Å². The van der Waals surface area contributed by atoms with Crippen molar-refractivity contribution in [2.75, 3.05) is 6.54 Å². The maximum absolute atomic E-state index is 12.6. The van der Waals surface area contributed by atoms with Crippen molar-refractivity contribution in [2.24, 2.45) is 0 Å². The molecule has 0 aromatic heterocycles. The maximum Gasteiger partial charge on any atom is 0.410 e. The normalized spacial score (nSPS) is 18.2. The van der Waals surface area contributed by atoms with Gasteiger partial charge in [-0.2, -0.15) is 0 Å². The molecule has 2 unspecified atom stereocenters. The number of rotatable bonds is 5. The molecule has 29 heavy (non-hydrogen) atoms. The number of hydrogen-bond acceptors (Lipinski definition) is 3. The number of amides is 1. The fourth-order valence-corrected chi connectivity index (χ4v) is 3.80. The Bertz CT molecular complexity index is 780. The van der Waals surface area contributed by atoms with Gasteiger partial charge in [0.05, 0.1) is 6.04 Å². The molecule has 0 radical (unpaired) electrons. The molecule has 1 amide bonds. The summed E-state index contributed by atoms with van der Waals surface area (Å²) in [5, 5.41) is 0. The molecule has 3 rings (SSSR count). The van der Waals surface area contributed by atoms with Crippen LogP contribution in [0.3, 0.4) is 0 Å². The minimum absolute atomic E-state index is 0.0302. The van der Waals surface area contributed by atoms with Crippen LogP contribution >= 0.6 is 0 Å². The number of benzene rings is 2. The van der Waals surface area contributed by atoms with E-state index >= 15 is 0 Å². The summed E-state index contributed by atoms with van der Waals surface area (Å²) in [5.74, 6) is 0.837. The first-order valence-electron chi connectivity index (χ1n) is 10.6. The van der Waals surface area contributed by atoms with Crippen LogP contribution in [0.4, 0.5) is 4.79 Å². The molecule has 0 spiro atoms. The van der Waals surface area contributed by atoms with Crippen LogP contribution in [0, 0.1) is 0 Å². The molecule has 2 atom stereocenters. The summed E-state index contributed by atoms with van der Waals surface area (Å²) in [7, 11) is 0. The van der Waals surface area contributed by atoms with Crippen molar-refractivity contribution < 1.29 is 14.3 Å². The molecular formula is C25H33NO3. The maximum atomic E-state index is 12.6. The lowest BCUT2D eigenvalue weighted by Gasteiger charge is -2.39. The molecule has 2 aromatic rings. The van der Waals surface area contributed by atoms with E-state index in [1.807, 2.05) is 50.8 Å². The van der Waals surface area contributed by atoms with Gasteiger partial charge in [-0.3, -0.25) is 0 Å². The van der Waals surface area contributed by atoms with E-state index in [0.717, 1.165) is 38.0 Å². The van der Waals surface area contributed by atoms with Crippen molar-refractivity contribution in [3.05, 3.63) is 65.7 Å². The van der Waals surface area contributed by atoms with Gasteiger partial charge in [-0.1, -0.05) is 42.5 Å². The summed E-state index contributed by atoms with van der Waals surface area (Å²) in [6, 6.07) is 18.7. The first-order chi connectivity index (χ1) is 13.8. The zero-order chi connectivity index (χ0) is 20.9. The standard InChI is InChI=1S/C25H33NO3/c1-19(23-12-8-9-17-26(23)24(27)29-25(2,3)4)28-22-15-13-21(14-16-22)18-20-10-6-5-7-11-20/h5-7,10-11,13-16,19,23H,8-9,12,17-18H2,1-4H3. The number of hydrogen-bond donors (Lipinski definition) is 0. The van der Waals surface area contributed by atoms with Gasteiger partial charge in [-0.05, 0) is 76.6 Å². The first kappa shape index (κ1) is 21.2. The summed E-state index contributed by atoms with van der Waals surface area (Å²) in [4.78, 5) is 14.5. The lowest BCUT2D eigenvalue weighted by Crippen LogP contribution is -2.51. The molecule has 1 heterocycles. The highest BCUT2D eigenvalue weighted by molar-refractivity contribution is 5.68. The summed E-state index contributed by atoms with van der Waals surface area (Å²) >= 11 is 0. The Hall–Kier alpha value is -2.49. The second-order valence-electron chi connectivity index (χ2n) is 8.87. The molecular weight excluding hydrogens is 362 g/mol. The van der Waals surface area contributed by atoms with Crippen molar-refractivity contribution >= 4 is 6.09 Å². The highest BCUT2D eigenvalue weighted by Crippen LogP contribution is 2.25. The molecule has 1 saturated heterocycles. The van der Waals surface area contributed by atoms with Crippen LogP contribution in [-0.2, 0) is 11.2 Å². The van der Waals surface area contributed by atoms with Gasteiger partial charge < -0.3 is 14.4 Å². The van der Waals surface area contributed by atoms with Crippen molar-refractivity contribution in [3.63, 3.8) is 0 Å². The van der Waals surface area contributed by atoms with Gasteiger partial charge in [0, 0.05) is 6.54 Å². The third-order valence-corrected chi connectivity index (χ3v) is 5.22. The number of carbonyl (C=O) groups excluding carboxylic acids is 1. The third kappa shape index (κ3) is 6.25. The lowest BCUT2D eigenvalue weighted by molar-refractivity contribution is -0.00807. The number of nitrogens with zero attached hydrogens (tertiary/aromatic N) is 1. The Morgan fingerprint density at radius 2 is 1.69 bits per heavy atom. The molecule has 0 aliphatic carbocycles. The minimum atomic E-state index is -0.488. The van der Waals surface area contributed by atoms with Crippen LogP contribution in [0.5, 0.6) is 5.75 Å². The van der Waals surface area contributed by atoms with E-state index in [2.05, 4.69) is 36.4 Å². The molecule has 1 fully saturated rings. The molecule has 1 aliphatic heterocycles. The van der Waals surface area contributed by atoms with E-state index in [0.29, 0.717) is 0 Å². The third-order valence-electron chi connectivity index (χ3n) is 5.22. The van der Waals surface area contributed by atoms with Crippen LogP contribution < -0.4 is 4.74 Å². The van der Waals surface area contributed by atoms with Crippen LogP contribution in [0.1, 0.15) is 58.1 Å². The Kier molecular flexibility index (Phi) is 6.83. The Morgan fingerprint density at radius 3 is 2.34 bits per heavy atom. The van der Waals surface area contributed by atoms with Gasteiger partial charge in [0.2, 0.25) is 0 Å². The number of ether oxygens (including phenoxy) is 2. The summed E-state index contributed by atoms with van der Waals surface area (Å²) in [6.45, 7) is 8.48. The molecule has 2 aromatic carbocycles. The fourth-order valence-electron chi connectivity index (χ4n) is 3.80. The quantitative estimate of drug-likeness (QED) is 0.639. The number of piperidine rings is 1. The summed E-state index contributed by atoms with van der Waals surface area (Å²) in [6.07, 6.45) is 3.63. The highest BCUT2D eigenvalue weighted by atomic mass is 16.6. The fraction of sp³-hybridized carbons (Fsp3) is 0.480. The second-order valence-corrected chi connectivity index (χ2v) is 8.87. The Morgan fingerprint density at radius 1 is 1.03 bits per heavy atom. The summed E-state index contributed by atoms with van der Waals surface area (Å²) < 4.78 is 11.8. The molecule has 0 saturated carbocycles. The Labute approximate surface area is 174 Å². The molecule has 0 N–H and O–H groups in total. The van der Waals surface area contributed by atoms with Crippen molar-refractivity contribution in [1.82, 2.24) is 4.90 Å². The average Bonchev–Trinajstić information content (AvgIpc) is 2.69. The number of likely N-dealkylation sites (tertiary alicyclic amines) is 1. The number of carbonyl (C=O) groups is 1. The zero-order valence-corrected chi connectivity index (χ0v) is 18.1. The lowest BCUT2D eigenvalue weighted by atomic mass is 9.98. The SMILES string of the molecule is CC(Oc1ccc(Cc2ccccc2)cc1)C1CCCCN1C(=O)OC(C)(C)C. The molecule has 4 heteroatoms. The van der Waals surface area contributed by atoms with Crippen molar-refractivity contribution in [3.8, 4) is 5.75 Å². The molecule has 156 valence electrons. The smallest absolute Gasteiger partial charge is 0.410 e. The van der Waals surface area contributed by atoms with E-state index in [1.54, 1.807) is 0 Å². The second kappa shape index (κ2) is 9.34. The van der Waals surface area contributed by atoms with E-state index in [1.165, 1.54) is 11.1 Å². The topological polar surface area (TPSA) is 38.8 Å². The predicted molar refractivity (Wildman–Crippen MR) is 116 cm³/mol. The van der Waals surface area contributed by atoms with Gasteiger partial charge in [0.25, 0.3) is 0 Å². The van der Waals surface area contributed by atoms with E-state index in [9.17, 15) is 4.79 Å².